The molecule has 2 fully saturated rings. The molecular weight excluding hydrogens is 466 g/mol. The van der Waals surface area contributed by atoms with Crippen molar-refractivity contribution in [3.8, 4) is 11.5 Å². The average Bonchev–Trinajstić information content (AvgIpc) is 3.73. The van der Waals surface area contributed by atoms with Gasteiger partial charge in [0, 0.05) is 25.7 Å². The van der Waals surface area contributed by atoms with Crippen LogP contribution in [0.1, 0.15) is 44.5 Å². The zero-order valence-electron chi connectivity index (χ0n) is 18.2. The number of hydrogen-bond acceptors (Lipinski definition) is 8. The van der Waals surface area contributed by atoms with Crippen LogP contribution in [0.5, 0.6) is 0 Å². The molecule has 0 radical (unpaired) electrons. The molecule has 0 amide bonds. The summed E-state index contributed by atoms with van der Waals surface area (Å²) >= 11 is 5.87. The molecular formula is C21H24ClN7O3S. The standard InChI is InChI=1S/C21H24ClN7O3S/c1-13(17(32-2)18-24-11-15(22)12-25-18)33(30,31)28-20-27-26-19(16-5-3-4-10-23-16)29(20)21(8-9-21)14-6-7-14/h3-5,10-14,17H,6-9H2,1-2H3,(H,27,28)/t13-,17-/m0/s1. The van der Waals surface area contributed by atoms with E-state index in [-0.39, 0.29) is 17.3 Å². The third kappa shape index (κ3) is 4.09. The van der Waals surface area contributed by atoms with Crippen molar-refractivity contribution in [3.63, 3.8) is 0 Å². The zero-order valence-corrected chi connectivity index (χ0v) is 19.8. The Hall–Kier alpha value is -2.63. The number of hydrogen-bond donors (Lipinski definition) is 1. The summed E-state index contributed by atoms with van der Waals surface area (Å²) in [4.78, 5) is 12.7. The maximum absolute atomic E-state index is 13.4. The number of rotatable bonds is 9. The number of ether oxygens (including phenoxy) is 1. The smallest absolute Gasteiger partial charge is 0.240 e. The highest BCUT2D eigenvalue weighted by Crippen LogP contribution is 2.61. The molecule has 2 atom stereocenters. The molecule has 0 aliphatic heterocycles. The van der Waals surface area contributed by atoms with Crippen LogP contribution in [0, 0.1) is 5.92 Å². The lowest BCUT2D eigenvalue weighted by Gasteiger charge is -2.24. The SMILES string of the molecule is CO[C@H](c1ncc(Cl)cn1)[C@H](C)S(=O)(=O)Nc1nnc(-c2ccccn2)n1C1(C2CC2)CC1. The lowest BCUT2D eigenvalue weighted by atomic mass is 10.1. The highest BCUT2D eigenvalue weighted by Gasteiger charge is 2.57. The first kappa shape index (κ1) is 22.2. The molecule has 10 nitrogen and oxygen atoms in total. The van der Waals surface area contributed by atoms with Crippen LogP contribution in [0.25, 0.3) is 11.5 Å². The maximum atomic E-state index is 13.4. The summed E-state index contributed by atoms with van der Waals surface area (Å²) in [7, 11) is -2.52. The number of nitrogens with zero attached hydrogens (tertiary/aromatic N) is 6. The Morgan fingerprint density at radius 2 is 1.91 bits per heavy atom. The highest BCUT2D eigenvalue weighted by atomic mass is 35.5. The summed E-state index contributed by atoms with van der Waals surface area (Å²) in [6.45, 7) is 1.54. The molecule has 2 aliphatic carbocycles. The van der Waals surface area contributed by atoms with Gasteiger partial charge in [-0.2, -0.15) is 0 Å². The molecule has 1 N–H and O–H groups in total. The maximum Gasteiger partial charge on any atom is 0.240 e. The van der Waals surface area contributed by atoms with Crippen molar-refractivity contribution in [2.24, 2.45) is 5.92 Å². The molecule has 3 heterocycles. The first-order valence-electron chi connectivity index (χ1n) is 10.7. The lowest BCUT2D eigenvalue weighted by molar-refractivity contribution is 0.0950. The molecule has 0 aromatic carbocycles. The van der Waals surface area contributed by atoms with Crippen LogP contribution in [-0.4, -0.2) is 50.5 Å². The Morgan fingerprint density at radius 1 is 1.18 bits per heavy atom. The second-order valence-corrected chi connectivity index (χ2v) is 11.0. The number of methoxy groups -OCH3 is 1. The van der Waals surface area contributed by atoms with E-state index in [0.717, 1.165) is 25.7 Å². The fourth-order valence-corrected chi connectivity index (χ4v) is 5.58. The van der Waals surface area contributed by atoms with E-state index < -0.39 is 21.4 Å². The minimum atomic E-state index is -3.94. The van der Waals surface area contributed by atoms with Gasteiger partial charge in [0.1, 0.15) is 17.0 Å². The van der Waals surface area contributed by atoms with Crippen molar-refractivity contribution in [2.45, 2.75) is 49.5 Å². The van der Waals surface area contributed by atoms with Crippen molar-refractivity contribution in [2.75, 3.05) is 11.8 Å². The van der Waals surface area contributed by atoms with Crippen LogP contribution in [-0.2, 0) is 20.3 Å². The van der Waals surface area contributed by atoms with Crippen LogP contribution in [0.3, 0.4) is 0 Å². The van der Waals surface area contributed by atoms with E-state index in [4.69, 9.17) is 16.3 Å². The van der Waals surface area contributed by atoms with E-state index in [1.165, 1.54) is 19.5 Å². The fourth-order valence-electron chi connectivity index (χ4n) is 4.36. The predicted molar refractivity (Wildman–Crippen MR) is 122 cm³/mol. The lowest BCUT2D eigenvalue weighted by Crippen LogP contribution is -2.34. The van der Waals surface area contributed by atoms with Crippen molar-refractivity contribution in [3.05, 3.63) is 47.6 Å². The molecule has 12 heteroatoms. The Kier molecular flexibility index (Phi) is 5.58. The number of sulfonamides is 1. The number of nitrogens with one attached hydrogen (secondary N) is 1. The van der Waals surface area contributed by atoms with E-state index >= 15 is 0 Å². The number of halogens is 1. The van der Waals surface area contributed by atoms with Crippen molar-refractivity contribution < 1.29 is 13.2 Å². The summed E-state index contributed by atoms with van der Waals surface area (Å²) in [5.74, 6) is 1.48. The number of anilines is 1. The Morgan fingerprint density at radius 3 is 2.48 bits per heavy atom. The van der Waals surface area contributed by atoms with Gasteiger partial charge >= 0.3 is 0 Å². The molecule has 174 valence electrons. The monoisotopic (exact) mass is 489 g/mol. The zero-order chi connectivity index (χ0) is 23.2. The molecule has 3 aromatic rings. The van der Waals surface area contributed by atoms with Crippen molar-refractivity contribution >= 4 is 27.6 Å². The quantitative estimate of drug-likeness (QED) is 0.485. The van der Waals surface area contributed by atoms with Gasteiger partial charge in [-0.1, -0.05) is 17.7 Å². The number of pyridine rings is 1. The first-order valence-corrected chi connectivity index (χ1v) is 12.7. The van der Waals surface area contributed by atoms with Crippen LogP contribution in [0.2, 0.25) is 5.02 Å². The van der Waals surface area contributed by atoms with Crippen LogP contribution >= 0.6 is 11.6 Å². The van der Waals surface area contributed by atoms with Gasteiger partial charge in [0.05, 0.1) is 10.6 Å². The normalized spacial score (nSPS) is 19.1. The molecule has 0 spiro atoms. The summed E-state index contributed by atoms with van der Waals surface area (Å²) in [5.41, 5.74) is 0.483. The molecule has 2 saturated carbocycles. The van der Waals surface area contributed by atoms with E-state index in [0.29, 0.717) is 22.5 Å². The third-order valence-corrected chi connectivity index (χ3v) is 8.29. The van der Waals surface area contributed by atoms with Gasteiger partial charge < -0.3 is 4.74 Å². The highest BCUT2D eigenvalue weighted by molar-refractivity contribution is 7.93. The minimum absolute atomic E-state index is 0.169. The molecule has 0 saturated heterocycles. The van der Waals surface area contributed by atoms with Crippen LogP contribution < -0.4 is 4.72 Å². The largest absolute Gasteiger partial charge is 0.372 e. The summed E-state index contributed by atoms with van der Waals surface area (Å²) < 4.78 is 36.9. The predicted octanol–water partition coefficient (Wildman–Crippen LogP) is 3.20. The first-order chi connectivity index (χ1) is 15.9. The third-order valence-electron chi connectivity index (χ3n) is 6.40. The fraction of sp³-hybridized carbons (Fsp3) is 0.476. The second-order valence-electron chi connectivity index (χ2n) is 8.54. The van der Waals surface area contributed by atoms with Crippen LogP contribution in [0.4, 0.5) is 5.95 Å². The van der Waals surface area contributed by atoms with E-state index in [1.807, 2.05) is 22.8 Å². The van der Waals surface area contributed by atoms with Crippen LogP contribution in [0.15, 0.2) is 36.8 Å². The molecule has 33 heavy (non-hydrogen) atoms. The van der Waals surface area contributed by atoms with Gasteiger partial charge in [-0.25, -0.2) is 18.4 Å². The van der Waals surface area contributed by atoms with Gasteiger partial charge in [-0.15, -0.1) is 10.2 Å². The van der Waals surface area contributed by atoms with E-state index in [2.05, 4.69) is 29.9 Å². The van der Waals surface area contributed by atoms with Gasteiger partial charge in [0.15, 0.2) is 11.6 Å². The molecule has 0 unspecified atom stereocenters. The molecule has 0 bridgehead atoms. The van der Waals surface area contributed by atoms with Crippen molar-refractivity contribution in [1.82, 2.24) is 29.7 Å². The van der Waals surface area contributed by atoms with E-state index in [1.54, 1.807) is 13.1 Å². The van der Waals surface area contributed by atoms with Crippen molar-refractivity contribution in [1.29, 1.82) is 0 Å². The van der Waals surface area contributed by atoms with Gasteiger partial charge in [0.25, 0.3) is 0 Å². The summed E-state index contributed by atoms with van der Waals surface area (Å²) in [6.07, 6.45) is 7.75. The topological polar surface area (TPSA) is 125 Å². The van der Waals surface area contributed by atoms with Gasteiger partial charge in [-0.3, -0.25) is 14.3 Å². The Labute approximate surface area is 196 Å². The average molecular weight is 490 g/mol. The summed E-state index contributed by atoms with van der Waals surface area (Å²) in [6, 6.07) is 5.55. The van der Waals surface area contributed by atoms with E-state index in [9.17, 15) is 8.42 Å². The molecule has 5 rings (SSSR count). The minimum Gasteiger partial charge on any atom is -0.372 e. The van der Waals surface area contributed by atoms with Gasteiger partial charge in [0.2, 0.25) is 16.0 Å². The Balaban J connectivity index is 1.49. The number of aromatic nitrogens is 6. The summed E-state index contributed by atoms with van der Waals surface area (Å²) in [5, 5.41) is 7.91. The molecule has 3 aromatic heterocycles. The Bertz CT molecular complexity index is 1240. The molecule has 2 aliphatic rings. The second kappa shape index (κ2) is 8.30. The van der Waals surface area contributed by atoms with Gasteiger partial charge in [-0.05, 0) is 50.7 Å².